The zero-order valence-corrected chi connectivity index (χ0v) is 17.2. The summed E-state index contributed by atoms with van der Waals surface area (Å²) in [6, 6.07) is 15.6. The molecule has 2 aliphatic heterocycles. The first-order valence-corrected chi connectivity index (χ1v) is 10.3. The number of aromatic nitrogens is 1. The standard InChI is InChI=1S/C24H25N3O3/c1-15-6-5-7-16(12-15)23-22-18(17-8-3-4-9-19(17)25-22)13-20-24(29)26(10-11-30-2)14-21(28)27(20)23/h3-9,12,20,23,25H,10-11,13-14H2,1-2H3/t20-,23-/m0/s1. The lowest BCUT2D eigenvalue weighted by Gasteiger charge is -2.47. The number of nitrogens with zero attached hydrogens (tertiary/aromatic N) is 2. The van der Waals surface area contributed by atoms with E-state index >= 15 is 0 Å². The van der Waals surface area contributed by atoms with Crippen molar-refractivity contribution in [3.05, 3.63) is 70.9 Å². The molecule has 3 aromatic rings. The molecule has 6 nitrogen and oxygen atoms in total. The summed E-state index contributed by atoms with van der Waals surface area (Å²) in [5, 5.41) is 1.12. The van der Waals surface area contributed by atoms with Crippen LogP contribution >= 0.6 is 0 Å². The van der Waals surface area contributed by atoms with E-state index in [-0.39, 0.29) is 24.4 Å². The second-order valence-electron chi connectivity index (χ2n) is 8.15. The molecule has 0 unspecified atom stereocenters. The number of carbonyl (C=O) groups is 2. The zero-order chi connectivity index (χ0) is 20.8. The third kappa shape index (κ3) is 2.91. The molecule has 1 saturated heterocycles. The molecule has 0 bridgehead atoms. The van der Waals surface area contributed by atoms with Gasteiger partial charge in [-0.3, -0.25) is 9.59 Å². The van der Waals surface area contributed by atoms with Gasteiger partial charge in [0.15, 0.2) is 0 Å². The van der Waals surface area contributed by atoms with Gasteiger partial charge < -0.3 is 19.5 Å². The molecule has 2 amide bonds. The Kier molecular flexibility index (Phi) is 4.59. The number of aryl methyl sites for hydroxylation is 1. The molecule has 2 aromatic carbocycles. The quantitative estimate of drug-likeness (QED) is 0.729. The maximum atomic E-state index is 13.4. The summed E-state index contributed by atoms with van der Waals surface area (Å²) < 4.78 is 5.15. The highest BCUT2D eigenvalue weighted by Gasteiger charge is 2.48. The van der Waals surface area contributed by atoms with E-state index in [1.54, 1.807) is 16.9 Å². The highest BCUT2D eigenvalue weighted by molar-refractivity contribution is 5.97. The number of hydrogen-bond acceptors (Lipinski definition) is 3. The first-order valence-electron chi connectivity index (χ1n) is 10.3. The van der Waals surface area contributed by atoms with Crippen LogP contribution in [-0.4, -0.2) is 59.4 Å². The van der Waals surface area contributed by atoms with E-state index in [9.17, 15) is 9.59 Å². The summed E-state index contributed by atoms with van der Waals surface area (Å²) in [5.74, 6) is -0.0215. The van der Waals surface area contributed by atoms with Crippen molar-refractivity contribution >= 4 is 22.7 Å². The van der Waals surface area contributed by atoms with Crippen LogP contribution in [0.25, 0.3) is 10.9 Å². The van der Waals surface area contributed by atoms with Crippen LogP contribution in [0.2, 0.25) is 0 Å². The molecule has 6 heteroatoms. The lowest BCUT2D eigenvalue weighted by molar-refractivity contribution is -0.159. The van der Waals surface area contributed by atoms with E-state index in [0.29, 0.717) is 19.6 Å². The molecule has 30 heavy (non-hydrogen) atoms. The Labute approximate surface area is 175 Å². The number of aromatic amines is 1. The predicted octanol–water partition coefficient (Wildman–Crippen LogP) is 2.81. The largest absolute Gasteiger partial charge is 0.383 e. The normalized spacial score (nSPS) is 21.1. The van der Waals surface area contributed by atoms with Crippen molar-refractivity contribution in [1.82, 2.24) is 14.8 Å². The lowest BCUT2D eigenvalue weighted by Crippen LogP contribution is -2.63. The second-order valence-corrected chi connectivity index (χ2v) is 8.15. The van der Waals surface area contributed by atoms with E-state index in [2.05, 4.69) is 23.2 Å². The van der Waals surface area contributed by atoms with Crippen LogP contribution in [-0.2, 0) is 20.7 Å². The van der Waals surface area contributed by atoms with Gasteiger partial charge in [-0.05, 0) is 24.1 Å². The molecule has 2 atom stereocenters. The number of hydrogen-bond donors (Lipinski definition) is 1. The Balaban J connectivity index is 1.67. The fourth-order valence-electron chi connectivity index (χ4n) is 4.90. The fourth-order valence-corrected chi connectivity index (χ4v) is 4.90. The molecule has 0 spiro atoms. The molecular formula is C24H25N3O3. The molecule has 0 saturated carbocycles. The average molecular weight is 403 g/mol. The van der Waals surface area contributed by atoms with Crippen molar-refractivity contribution in [2.45, 2.75) is 25.4 Å². The topological polar surface area (TPSA) is 65.6 Å². The molecule has 5 rings (SSSR count). The summed E-state index contributed by atoms with van der Waals surface area (Å²) in [7, 11) is 1.61. The second kappa shape index (κ2) is 7.29. The smallest absolute Gasteiger partial charge is 0.246 e. The SMILES string of the molecule is COCCN1CC(=O)N2[C@@H](c3cccc(C)c3)c3[nH]c4ccccc4c3C[C@H]2C1=O. The maximum Gasteiger partial charge on any atom is 0.246 e. The highest BCUT2D eigenvalue weighted by atomic mass is 16.5. The Morgan fingerprint density at radius 2 is 1.97 bits per heavy atom. The van der Waals surface area contributed by atoms with Gasteiger partial charge in [0, 0.05) is 36.7 Å². The molecule has 154 valence electrons. The zero-order valence-electron chi connectivity index (χ0n) is 17.2. The van der Waals surface area contributed by atoms with Crippen LogP contribution < -0.4 is 0 Å². The monoisotopic (exact) mass is 403 g/mol. The first-order chi connectivity index (χ1) is 14.6. The molecule has 1 N–H and O–H groups in total. The molecular weight excluding hydrogens is 378 g/mol. The minimum atomic E-state index is -0.500. The lowest BCUT2D eigenvalue weighted by atomic mass is 9.86. The number of H-pyrrole nitrogens is 1. The molecule has 0 aliphatic carbocycles. The summed E-state index contributed by atoms with van der Waals surface area (Å²) in [5.41, 5.74) is 5.34. The third-order valence-corrected chi connectivity index (χ3v) is 6.27. The summed E-state index contributed by atoms with van der Waals surface area (Å²) in [6.07, 6.45) is 0.524. The van der Waals surface area contributed by atoms with Crippen LogP contribution in [0.15, 0.2) is 48.5 Å². The Morgan fingerprint density at radius 3 is 2.77 bits per heavy atom. The maximum absolute atomic E-state index is 13.4. The molecule has 3 heterocycles. The predicted molar refractivity (Wildman–Crippen MR) is 114 cm³/mol. The molecule has 2 aliphatic rings. The van der Waals surface area contributed by atoms with Crippen LogP contribution in [0.5, 0.6) is 0 Å². The number of rotatable bonds is 4. The summed E-state index contributed by atoms with van der Waals surface area (Å²) in [6.45, 7) is 2.99. The number of methoxy groups -OCH3 is 1. The van der Waals surface area contributed by atoms with Crippen molar-refractivity contribution in [2.24, 2.45) is 0 Å². The number of ether oxygens (including phenoxy) is 1. The van der Waals surface area contributed by atoms with E-state index in [1.807, 2.05) is 37.3 Å². The molecule has 0 radical (unpaired) electrons. The Bertz CT molecular complexity index is 1140. The van der Waals surface area contributed by atoms with Crippen LogP contribution in [0.1, 0.15) is 28.4 Å². The van der Waals surface area contributed by atoms with Crippen molar-refractivity contribution < 1.29 is 14.3 Å². The van der Waals surface area contributed by atoms with E-state index < -0.39 is 6.04 Å². The minimum Gasteiger partial charge on any atom is -0.383 e. The minimum absolute atomic E-state index is 0.000217. The van der Waals surface area contributed by atoms with Gasteiger partial charge in [-0.2, -0.15) is 0 Å². The van der Waals surface area contributed by atoms with Gasteiger partial charge >= 0.3 is 0 Å². The summed E-state index contributed by atoms with van der Waals surface area (Å²) >= 11 is 0. The number of fused-ring (bicyclic) bond motifs is 4. The number of para-hydroxylation sites is 1. The van der Waals surface area contributed by atoms with Gasteiger partial charge in [0.2, 0.25) is 11.8 Å². The highest BCUT2D eigenvalue weighted by Crippen LogP contribution is 2.42. The van der Waals surface area contributed by atoms with Crippen LogP contribution in [0.3, 0.4) is 0 Å². The van der Waals surface area contributed by atoms with Crippen molar-refractivity contribution in [3.8, 4) is 0 Å². The molecule has 1 fully saturated rings. The summed E-state index contributed by atoms with van der Waals surface area (Å²) in [4.78, 5) is 33.7. The van der Waals surface area contributed by atoms with E-state index in [4.69, 9.17) is 4.74 Å². The van der Waals surface area contributed by atoms with Crippen molar-refractivity contribution in [3.63, 3.8) is 0 Å². The van der Waals surface area contributed by atoms with Gasteiger partial charge in [0.25, 0.3) is 0 Å². The van der Waals surface area contributed by atoms with Gasteiger partial charge in [-0.25, -0.2) is 0 Å². The molecule has 1 aromatic heterocycles. The Hall–Kier alpha value is -3.12. The van der Waals surface area contributed by atoms with E-state index in [1.165, 1.54) is 0 Å². The Morgan fingerprint density at radius 1 is 1.13 bits per heavy atom. The van der Waals surface area contributed by atoms with Gasteiger partial charge in [0.1, 0.15) is 6.04 Å². The first kappa shape index (κ1) is 18.9. The van der Waals surface area contributed by atoms with Gasteiger partial charge in [0.05, 0.1) is 19.2 Å². The number of amides is 2. The van der Waals surface area contributed by atoms with E-state index in [0.717, 1.165) is 33.3 Å². The third-order valence-electron chi connectivity index (χ3n) is 6.27. The van der Waals surface area contributed by atoms with Crippen LogP contribution in [0, 0.1) is 6.92 Å². The fraction of sp³-hybridized carbons (Fsp3) is 0.333. The number of carbonyl (C=O) groups excluding carboxylic acids is 2. The number of nitrogens with one attached hydrogen (secondary N) is 1. The van der Waals surface area contributed by atoms with Gasteiger partial charge in [-0.15, -0.1) is 0 Å². The van der Waals surface area contributed by atoms with Crippen LogP contribution in [0.4, 0.5) is 0 Å². The average Bonchev–Trinajstić information content (AvgIpc) is 3.12. The number of piperazine rings is 1. The van der Waals surface area contributed by atoms with Gasteiger partial charge in [-0.1, -0.05) is 48.0 Å². The van der Waals surface area contributed by atoms with Crippen molar-refractivity contribution in [2.75, 3.05) is 26.8 Å². The van der Waals surface area contributed by atoms with Crippen molar-refractivity contribution in [1.29, 1.82) is 0 Å². The number of benzene rings is 2.